The maximum Gasteiger partial charge on any atom is 0.319 e. The third-order valence-corrected chi connectivity index (χ3v) is 4.76. The van der Waals surface area contributed by atoms with Gasteiger partial charge < -0.3 is 20.4 Å². The second-order valence-electron chi connectivity index (χ2n) is 7.08. The minimum absolute atomic E-state index is 0.0250. The molecule has 148 valence electrons. The number of hydrogen-bond donors (Lipinski definition) is 2. The van der Waals surface area contributed by atoms with Crippen LogP contribution in [-0.2, 0) is 4.79 Å². The number of piperidine rings is 1. The molecule has 4 amide bonds. The number of anilines is 1. The fraction of sp³-hybridized carbons (Fsp3) is 0.550. The number of likely N-dealkylation sites (tertiary alicyclic amines) is 1. The number of hydrogen-bond acceptors (Lipinski definition) is 3. The van der Waals surface area contributed by atoms with Crippen LogP contribution in [0.2, 0.25) is 0 Å². The summed E-state index contributed by atoms with van der Waals surface area (Å²) in [6.45, 7) is 3.82. The lowest BCUT2D eigenvalue weighted by molar-refractivity contribution is -0.121. The van der Waals surface area contributed by atoms with E-state index in [-0.39, 0.29) is 23.8 Å². The van der Waals surface area contributed by atoms with Gasteiger partial charge in [-0.1, -0.05) is 25.5 Å². The van der Waals surface area contributed by atoms with Gasteiger partial charge in [-0.05, 0) is 31.4 Å². The van der Waals surface area contributed by atoms with Crippen molar-refractivity contribution < 1.29 is 14.4 Å². The summed E-state index contributed by atoms with van der Waals surface area (Å²) in [5, 5.41) is 5.79. The first-order valence-corrected chi connectivity index (χ1v) is 9.58. The molecule has 7 nitrogen and oxygen atoms in total. The molecule has 1 aromatic rings. The quantitative estimate of drug-likeness (QED) is 0.751. The first-order valence-electron chi connectivity index (χ1n) is 9.58. The molecular formula is C20H30N4O3. The van der Waals surface area contributed by atoms with E-state index in [1.165, 1.54) is 0 Å². The summed E-state index contributed by atoms with van der Waals surface area (Å²) in [6, 6.07) is 7.03. The van der Waals surface area contributed by atoms with E-state index in [1.54, 1.807) is 48.2 Å². The molecule has 0 saturated carbocycles. The lowest BCUT2D eigenvalue weighted by atomic mass is 9.95. The zero-order valence-corrected chi connectivity index (χ0v) is 16.5. The molecule has 1 heterocycles. The van der Waals surface area contributed by atoms with Crippen molar-refractivity contribution in [2.75, 3.05) is 39.0 Å². The Kier molecular flexibility index (Phi) is 7.64. The molecule has 1 aromatic carbocycles. The van der Waals surface area contributed by atoms with Crippen molar-refractivity contribution in [1.29, 1.82) is 0 Å². The lowest BCUT2D eigenvalue weighted by Crippen LogP contribution is -2.45. The van der Waals surface area contributed by atoms with Gasteiger partial charge in [-0.2, -0.15) is 0 Å². The highest BCUT2D eigenvalue weighted by Gasteiger charge is 2.28. The van der Waals surface area contributed by atoms with E-state index in [0.29, 0.717) is 43.7 Å². The number of unbranched alkanes of at least 4 members (excludes halogenated alkanes) is 1. The Morgan fingerprint density at radius 1 is 1.15 bits per heavy atom. The molecule has 7 heteroatoms. The molecule has 0 aliphatic carbocycles. The molecule has 27 heavy (non-hydrogen) atoms. The standard InChI is InChI=1S/C20H30N4O3/c1-4-5-12-21-19(26)16-8-6-7-9-17(16)22-18(25)15-10-13-24(14-11-15)20(27)23(2)3/h6-9,15H,4-5,10-14H2,1-3H3,(H,21,26)(H,22,25). The van der Waals surface area contributed by atoms with E-state index in [4.69, 9.17) is 0 Å². The number of benzene rings is 1. The fourth-order valence-electron chi connectivity index (χ4n) is 3.11. The van der Waals surface area contributed by atoms with Gasteiger partial charge in [0, 0.05) is 39.6 Å². The Balaban J connectivity index is 1.95. The van der Waals surface area contributed by atoms with Gasteiger partial charge in [0.2, 0.25) is 5.91 Å². The molecule has 1 aliphatic heterocycles. The van der Waals surface area contributed by atoms with Crippen LogP contribution in [0.25, 0.3) is 0 Å². The average molecular weight is 374 g/mol. The lowest BCUT2D eigenvalue weighted by Gasteiger charge is -2.33. The van der Waals surface area contributed by atoms with Gasteiger partial charge >= 0.3 is 6.03 Å². The molecular weight excluding hydrogens is 344 g/mol. The predicted molar refractivity (Wildman–Crippen MR) is 106 cm³/mol. The first kappa shape index (κ1) is 20.7. The summed E-state index contributed by atoms with van der Waals surface area (Å²) >= 11 is 0. The van der Waals surface area contributed by atoms with Gasteiger partial charge in [0.05, 0.1) is 11.3 Å². The summed E-state index contributed by atoms with van der Waals surface area (Å²) in [4.78, 5) is 40.3. The van der Waals surface area contributed by atoms with E-state index in [9.17, 15) is 14.4 Å². The highest BCUT2D eigenvalue weighted by atomic mass is 16.2. The Morgan fingerprint density at radius 2 is 1.81 bits per heavy atom. The van der Waals surface area contributed by atoms with Gasteiger partial charge in [0.15, 0.2) is 0 Å². The maximum absolute atomic E-state index is 12.7. The molecule has 0 unspecified atom stereocenters. The van der Waals surface area contributed by atoms with Crippen molar-refractivity contribution in [3.63, 3.8) is 0 Å². The molecule has 2 rings (SSSR count). The summed E-state index contributed by atoms with van der Waals surface area (Å²) in [6.07, 6.45) is 3.17. The van der Waals surface area contributed by atoms with Crippen molar-refractivity contribution in [2.45, 2.75) is 32.6 Å². The Bertz CT molecular complexity index is 667. The molecule has 0 bridgehead atoms. The molecule has 1 fully saturated rings. The van der Waals surface area contributed by atoms with Crippen LogP contribution in [0.5, 0.6) is 0 Å². The Labute approximate surface area is 161 Å². The largest absolute Gasteiger partial charge is 0.352 e. The summed E-state index contributed by atoms with van der Waals surface area (Å²) < 4.78 is 0. The van der Waals surface area contributed by atoms with Crippen LogP contribution in [0, 0.1) is 5.92 Å². The molecule has 0 spiro atoms. The number of urea groups is 1. The minimum Gasteiger partial charge on any atom is -0.352 e. The van der Waals surface area contributed by atoms with Crippen LogP contribution in [0.4, 0.5) is 10.5 Å². The SMILES string of the molecule is CCCCNC(=O)c1ccccc1NC(=O)C1CCN(C(=O)N(C)C)CC1. The van der Waals surface area contributed by atoms with E-state index in [0.717, 1.165) is 12.8 Å². The van der Waals surface area contributed by atoms with E-state index in [1.807, 2.05) is 0 Å². The first-order chi connectivity index (χ1) is 12.9. The van der Waals surface area contributed by atoms with Crippen LogP contribution >= 0.6 is 0 Å². The number of para-hydroxylation sites is 1. The Hall–Kier alpha value is -2.57. The van der Waals surface area contributed by atoms with Crippen LogP contribution in [0.15, 0.2) is 24.3 Å². The molecule has 0 atom stereocenters. The van der Waals surface area contributed by atoms with Crippen molar-refractivity contribution >= 4 is 23.5 Å². The number of nitrogens with one attached hydrogen (secondary N) is 2. The van der Waals surface area contributed by atoms with Gasteiger partial charge in [0.25, 0.3) is 5.91 Å². The highest BCUT2D eigenvalue weighted by Crippen LogP contribution is 2.22. The van der Waals surface area contributed by atoms with Gasteiger partial charge in [0.1, 0.15) is 0 Å². The van der Waals surface area contributed by atoms with Crippen molar-refractivity contribution in [3.8, 4) is 0 Å². The number of carbonyl (C=O) groups excluding carboxylic acids is 3. The van der Waals surface area contributed by atoms with Crippen LogP contribution in [0.3, 0.4) is 0 Å². The third kappa shape index (κ3) is 5.70. The molecule has 0 radical (unpaired) electrons. The number of carbonyl (C=O) groups is 3. The van der Waals surface area contributed by atoms with Gasteiger partial charge in [-0.15, -0.1) is 0 Å². The number of amides is 4. The van der Waals surface area contributed by atoms with Gasteiger partial charge in [-0.25, -0.2) is 4.79 Å². The number of rotatable bonds is 6. The molecule has 2 N–H and O–H groups in total. The summed E-state index contributed by atoms with van der Waals surface area (Å²) in [7, 11) is 3.45. The van der Waals surface area contributed by atoms with Gasteiger partial charge in [-0.3, -0.25) is 9.59 Å². The maximum atomic E-state index is 12.7. The van der Waals surface area contributed by atoms with E-state index in [2.05, 4.69) is 17.6 Å². The van der Waals surface area contributed by atoms with Crippen molar-refractivity contribution in [2.24, 2.45) is 5.92 Å². The topological polar surface area (TPSA) is 81.8 Å². The molecule has 0 aromatic heterocycles. The van der Waals surface area contributed by atoms with Crippen LogP contribution in [0.1, 0.15) is 43.0 Å². The Morgan fingerprint density at radius 3 is 2.44 bits per heavy atom. The minimum atomic E-state index is -0.175. The van der Waals surface area contributed by atoms with Crippen LogP contribution in [-0.4, -0.2) is 61.4 Å². The number of nitrogens with zero attached hydrogens (tertiary/aromatic N) is 2. The normalized spacial score (nSPS) is 14.6. The van der Waals surface area contributed by atoms with Crippen molar-refractivity contribution in [1.82, 2.24) is 15.1 Å². The summed E-state index contributed by atoms with van der Waals surface area (Å²) in [5.41, 5.74) is 1.01. The fourth-order valence-corrected chi connectivity index (χ4v) is 3.11. The smallest absolute Gasteiger partial charge is 0.319 e. The zero-order valence-electron chi connectivity index (χ0n) is 16.5. The zero-order chi connectivity index (χ0) is 19.8. The second-order valence-corrected chi connectivity index (χ2v) is 7.08. The van der Waals surface area contributed by atoms with E-state index >= 15 is 0 Å². The monoisotopic (exact) mass is 374 g/mol. The second kappa shape index (κ2) is 9.94. The summed E-state index contributed by atoms with van der Waals surface area (Å²) in [5.74, 6) is -0.432. The predicted octanol–water partition coefficient (Wildman–Crippen LogP) is 2.55. The molecule has 1 saturated heterocycles. The van der Waals surface area contributed by atoms with Crippen LogP contribution < -0.4 is 10.6 Å². The molecule has 1 aliphatic rings. The highest BCUT2D eigenvalue weighted by molar-refractivity contribution is 6.04. The van der Waals surface area contributed by atoms with Crippen molar-refractivity contribution in [3.05, 3.63) is 29.8 Å². The average Bonchev–Trinajstić information content (AvgIpc) is 2.68. The van der Waals surface area contributed by atoms with E-state index < -0.39 is 0 Å². The third-order valence-electron chi connectivity index (χ3n) is 4.76.